The first kappa shape index (κ1) is 17.1. The molecule has 0 bridgehead atoms. The molecule has 1 aromatic carbocycles. The lowest BCUT2D eigenvalue weighted by molar-refractivity contribution is -0.385. The van der Waals surface area contributed by atoms with E-state index in [0.29, 0.717) is 30.1 Å². The van der Waals surface area contributed by atoms with E-state index in [-0.39, 0.29) is 11.6 Å². The third-order valence-corrected chi connectivity index (χ3v) is 3.08. The highest BCUT2D eigenvalue weighted by Gasteiger charge is 2.14. The van der Waals surface area contributed by atoms with E-state index in [0.717, 1.165) is 13.0 Å². The molecule has 0 saturated carbocycles. The van der Waals surface area contributed by atoms with E-state index in [4.69, 9.17) is 0 Å². The van der Waals surface area contributed by atoms with Crippen molar-refractivity contribution in [2.75, 3.05) is 11.9 Å². The van der Waals surface area contributed by atoms with Crippen molar-refractivity contribution in [3.05, 3.63) is 33.9 Å². The van der Waals surface area contributed by atoms with Crippen molar-refractivity contribution in [2.24, 2.45) is 0 Å². The van der Waals surface area contributed by atoms with Crippen LogP contribution in [0.4, 0.5) is 11.4 Å². The molecule has 6 heteroatoms. The zero-order chi connectivity index (χ0) is 15.8. The lowest BCUT2D eigenvalue weighted by atomic mass is 10.1. The number of nitro benzene ring substituents is 1. The minimum absolute atomic E-state index is 0.0526. The maximum absolute atomic E-state index is 11.8. The molecule has 0 heterocycles. The number of anilines is 1. The first-order valence-electron chi connectivity index (χ1n) is 7.24. The Kier molecular flexibility index (Phi) is 6.81. The number of amides is 1. The lowest BCUT2D eigenvalue weighted by Gasteiger charge is -2.09. The first-order valence-corrected chi connectivity index (χ1v) is 7.24. The SMILES string of the molecule is CCc1ccc(NC(=O)CCCNC(C)C)cc1[N+](=O)[O-]. The van der Waals surface area contributed by atoms with Gasteiger partial charge in [-0.05, 0) is 25.5 Å². The fourth-order valence-corrected chi connectivity index (χ4v) is 1.97. The van der Waals surface area contributed by atoms with E-state index in [1.807, 2.05) is 6.92 Å². The number of hydrogen-bond acceptors (Lipinski definition) is 4. The molecule has 116 valence electrons. The zero-order valence-electron chi connectivity index (χ0n) is 12.8. The molecule has 1 amide bonds. The van der Waals surface area contributed by atoms with Crippen LogP contribution in [-0.2, 0) is 11.2 Å². The molecule has 2 N–H and O–H groups in total. The Bertz CT molecular complexity index is 501. The topological polar surface area (TPSA) is 84.3 Å². The quantitative estimate of drug-likeness (QED) is 0.438. The van der Waals surface area contributed by atoms with Crippen LogP contribution in [0.15, 0.2) is 18.2 Å². The highest BCUT2D eigenvalue weighted by atomic mass is 16.6. The average molecular weight is 293 g/mol. The Morgan fingerprint density at radius 3 is 2.67 bits per heavy atom. The van der Waals surface area contributed by atoms with Crippen molar-refractivity contribution < 1.29 is 9.72 Å². The van der Waals surface area contributed by atoms with Crippen molar-refractivity contribution in [2.45, 2.75) is 46.1 Å². The van der Waals surface area contributed by atoms with Crippen molar-refractivity contribution in [3.63, 3.8) is 0 Å². The van der Waals surface area contributed by atoms with E-state index >= 15 is 0 Å². The van der Waals surface area contributed by atoms with E-state index in [9.17, 15) is 14.9 Å². The van der Waals surface area contributed by atoms with Gasteiger partial charge in [-0.1, -0.05) is 26.8 Å². The van der Waals surface area contributed by atoms with Crippen LogP contribution in [0.25, 0.3) is 0 Å². The molecule has 0 atom stereocenters. The molecule has 0 aliphatic rings. The monoisotopic (exact) mass is 293 g/mol. The van der Waals surface area contributed by atoms with Gasteiger partial charge in [0.05, 0.1) is 4.92 Å². The molecule has 0 unspecified atom stereocenters. The lowest BCUT2D eigenvalue weighted by Crippen LogP contribution is -2.24. The van der Waals surface area contributed by atoms with Crippen molar-refractivity contribution in [1.29, 1.82) is 0 Å². The Balaban J connectivity index is 2.56. The molecule has 0 aliphatic heterocycles. The molecule has 1 rings (SSSR count). The molecule has 0 fully saturated rings. The van der Waals surface area contributed by atoms with Gasteiger partial charge >= 0.3 is 0 Å². The van der Waals surface area contributed by atoms with E-state index in [2.05, 4.69) is 24.5 Å². The number of aryl methyl sites for hydroxylation is 1. The van der Waals surface area contributed by atoms with Crippen LogP contribution in [0.1, 0.15) is 39.2 Å². The smallest absolute Gasteiger partial charge is 0.274 e. The summed E-state index contributed by atoms with van der Waals surface area (Å²) in [5, 5.41) is 16.9. The molecule has 6 nitrogen and oxygen atoms in total. The fourth-order valence-electron chi connectivity index (χ4n) is 1.97. The summed E-state index contributed by atoms with van der Waals surface area (Å²) in [6.07, 6.45) is 1.72. The molecule has 0 aromatic heterocycles. The van der Waals surface area contributed by atoms with Gasteiger partial charge in [0, 0.05) is 29.8 Å². The van der Waals surface area contributed by atoms with Crippen molar-refractivity contribution in [3.8, 4) is 0 Å². The van der Waals surface area contributed by atoms with Crippen LogP contribution in [0.2, 0.25) is 0 Å². The summed E-state index contributed by atoms with van der Waals surface area (Å²) in [5.41, 5.74) is 1.19. The van der Waals surface area contributed by atoms with Crippen molar-refractivity contribution in [1.82, 2.24) is 5.32 Å². The molecule has 0 aliphatic carbocycles. The van der Waals surface area contributed by atoms with Gasteiger partial charge < -0.3 is 10.6 Å². The number of benzene rings is 1. The average Bonchev–Trinajstić information content (AvgIpc) is 2.43. The van der Waals surface area contributed by atoms with Crippen LogP contribution in [-0.4, -0.2) is 23.4 Å². The maximum atomic E-state index is 11.8. The summed E-state index contributed by atoms with van der Waals surface area (Å²) in [6.45, 7) is 6.74. The zero-order valence-corrected chi connectivity index (χ0v) is 12.8. The standard InChI is InChI=1S/C15H23N3O3/c1-4-12-7-8-13(10-14(12)18(20)21)17-15(19)6-5-9-16-11(2)3/h7-8,10-11,16H,4-6,9H2,1-3H3,(H,17,19). The normalized spacial score (nSPS) is 10.7. The molecular weight excluding hydrogens is 270 g/mol. The largest absolute Gasteiger partial charge is 0.326 e. The molecule has 1 aromatic rings. The van der Waals surface area contributed by atoms with Crippen LogP contribution < -0.4 is 10.6 Å². The van der Waals surface area contributed by atoms with Crippen molar-refractivity contribution >= 4 is 17.3 Å². The summed E-state index contributed by atoms with van der Waals surface area (Å²) in [6, 6.07) is 5.21. The minimum atomic E-state index is -0.416. The second kappa shape index (κ2) is 8.36. The number of rotatable bonds is 8. The van der Waals surface area contributed by atoms with Gasteiger partial charge in [0.2, 0.25) is 5.91 Å². The molecular formula is C15H23N3O3. The van der Waals surface area contributed by atoms with E-state index in [1.165, 1.54) is 6.07 Å². The summed E-state index contributed by atoms with van der Waals surface area (Å²) in [5.74, 6) is -0.126. The van der Waals surface area contributed by atoms with Gasteiger partial charge in [0.1, 0.15) is 0 Å². The number of nitro groups is 1. The molecule has 0 saturated heterocycles. The van der Waals surface area contributed by atoms with Crippen LogP contribution >= 0.6 is 0 Å². The molecule has 21 heavy (non-hydrogen) atoms. The molecule has 0 radical (unpaired) electrons. The van der Waals surface area contributed by atoms with E-state index < -0.39 is 4.92 Å². The predicted molar refractivity (Wildman–Crippen MR) is 83.5 cm³/mol. The second-order valence-electron chi connectivity index (χ2n) is 5.21. The Hall–Kier alpha value is -1.95. The Morgan fingerprint density at radius 2 is 2.10 bits per heavy atom. The van der Waals surface area contributed by atoms with Crippen LogP contribution in [0, 0.1) is 10.1 Å². The Labute approximate surface area is 125 Å². The van der Waals surface area contributed by atoms with Crippen LogP contribution in [0.3, 0.4) is 0 Å². The number of carbonyl (C=O) groups is 1. The summed E-state index contributed by atoms with van der Waals surface area (Å²) in [4.78, 5) is 22.3. The summed E-state index contributed by atoms with van der Waals surface area (Å²) in [7, 11) is 0. The fraction of sp³-hybridized carbons (Fsp3) is 0.533. The third kappa shape index (κ3) is 5.91. The van der Waals surface area contributed by atoms with Gasteiger partial charge in [0.15, 0.2) is 0 Å². The highest BCUT2D eigenvalue weighted by molar-refractivity contribution is 5.91. The summed E-state index contributed by atoms with van der Waals surface area (Å²) >= 11 is 0. The van der Waals surface area contributed by atoms with Gasteiger partial charge in [-0.25, -0.2) is 0 Å². The number of nitrogens with one attached hydrogen (secondary N) is 2. The first-order chi connectivity index (χ1) is 9.93. The Morgan fingerprint density at radius 1 is 1.38 bits per heavy atom. The third-order valence-electron chi connectivity index (χ3n) is 3.08. The predicted octanol–water partition coefficient (Wildman–Crippen LogP) is 2.87. The van der Waals surface area contributed by atoms with Crippen LogP contribution in [0.5, 0.6) is 0 Å². The van der Waals surface area contributed by atoms with Gasteiger partial charge in [-0.3, -0.25) is 14.9 Å². The van der Waals surface area contributed by atoms with Gasteiger partial charge in [0.25, 0.3) is 5.69 Å². The maximum Gasteiger partial charge on any atom is 0.274 e. The number of carbonyl (C=O) groups excluding carboxylic acids is 1. The van der Waals surface area contributed by atoms with Gasteiger partial charge in [-0.15, -0.1) is 0 Å². The number of nitrogens with zero attached hydrogens (tertiary/aromatic N) is 1. The minimum Gasteiger partial charge on any atom is -0.326 e. The number of hydrogen-bond donors (Lipinski definition) is 2. The molecule has 0 spiro atoms. The van der Waals surface area contributed by atoms with Gasteiger partial charge in [-0.2, -0.15) is 0 Å². The highest BCUT2D eigenvalue weighted by Crippen LogP contribution is 2.23. The van der Waals surface area contributed by atoms with E-state index in [1.54, 1.807) is 12.1 Å². The summed E-state index contributed by atoms with van der Waals surface area (Å²) < 4.78 is 0. The second-order valence-corrected chi connectivity index (χ2v) is 5.21.